The summed E-state index contributed by atoms with van der Waals surface area (Å²) in [5.41, 5.74) is 11.6. The van der Waals surface area contributed by atoms with Crippen molar-refractivity contribution in [3.63, 3.8) is 0 Å². The number of aromatic amines is 2. The summed E-state index contributed by atoms with van der Waals surface area (Å²) in [6.45, 7) is 8.90. The summed E-state index contributed by atoms with van der Waals surface area (Å²) in [4.78, 5) is 72.6. The molecular weight excluding hydrogens is 821 g/mol. The summed E-state index contributed by atoms with van der Waals surface area (Å²) in [6, 6.07) is 18.0. The molecule has 4 atom stereocenters. The van der Waals surface area contributed by atoms with Crippen molar-refractivity contribution in [2.45, 2.75) is 121 Å². The van der Waals surface area contributed by atoms with Gasteiger partial charge >= 0.3 is 12.2 Å². The monoisotopic (exact) mass is 882 g/mol. The average Bonchev–Trinajstić information content (AvgIpc) is 4.18. The van der Waals surface area contributed by atoms with Gasteiger partial charge in [-0.15, -0.1) is 0 Å². The van der Waals surface area contributed by atoms with Crippen LogP contribution in [0, 0.1) is 11.8 Å². The second-order valence-electron chi connectivity index (χ2n) is 19.2. The fraction of sp³-hybridized carbons (Fsp3) is 0.490. The van der Waals surface area contributed by atoms with Gasteiger partial charge in [0.05, 0.1) is 49.2 Å². The van der Waals surface area contributed by atoms with Gasteiger partial charge in [0.25, 0.3) is 0 Å². The van der Waals surface area contributed by atoms with E-state index in [1.807, 2.05) is 49.8 Å². The molecule has 14 nitrogen and oxygen atoms in total. The second kappa shape index (κ2) is 18.0. The molecule has 3 aromatic carbocycles. The molecule has 4 heterocycles. The van der Waals surface area contributed by atoms with Gasteiger partial charge < -0.3 is 39.9 Å². The molecule has 2 saturated heterocycles. The molecule has 5 aromatic rings. The third kappa shape index (κ3) is 8.25. The second-order valence-corrected chi connectivity index (χ2v) is 19.2. The molecule has 2 aliphatic carbocycles. The van der Waals surface area contributed by atoms with E-state index >= 15 is 0 Å². The highest BCUT2D eigenvalue weighted by Gasteiger charge is 2.44. The van der Waals surface area contributed by atoms with Crippen molar-refractivity contribution < 1.29 is 28.7 Å². The number of hydrogen-bond donors (Lipinski definition) is 4. The third-order valence-electron chi connectivity index (χ3n) is 14.7. The maximum absolute atomic E-state index is 13.8. The van der Waals surface area contributed by atoms with Gasteiger partial charge in [-0.05, 0) is 114 Å². The van der Waals surface area contributed by atoms with Crippen molar-refractivity contribution in [1.29, 1.82) is 0 Å². The number of amides is 4. The summed E-state index contributed by atoms with van der Waals surface area (Å²) in [5, 5.41) is 5.48. The van der Waals surface area contributed by atoms with Crippen LogP contribution in [-0.4, -0.2) is 93.1 Å². The molecule has 0 radical (unpaired) electrons. The summed E-state index contributed by atoms with van der Waals surface area (Å²) in [7, 11) is 2.61. The molecule has 4 N–H and O–H groups in total. The molecule has 3 fully saturated rings. The minimum absolute atomic E-state index is 0.103. The number of aromatic nitrogens is 4. The Hall–Kier alpha value is -6.18. The summed E-state index contributed by atoms with van der Waals surface area (Å²) >= 11 is 0. The third-order valence-corrected chi connectivity index (χ3v) is 14.7. The Morgan fingerprint density at radius 1 is 0.692 bits per heavy atom. The largest absolute Gasteiger partial charge is 0.453 e. The highest BCUT2D eigenvalue weighted by atomic mass is 16.5. The van der Waals surface area contributed by atoms with E-state index in [-0.39, 0.29) is 41.1 Å². The lowest BCUT2D eigenvalue weighted by Crippen LogP contribution is -2.51. The first-order chi connectivity index (χ1) is 31.4. The lowest BCUT2D eigenvalue weighted by Gasteiger charge is -2.30. The first kappa shape index (κ1) is 44.0. The van der Waals surface area contributed by atoms with E-state index in [2.05, 4.69) is 69.1 Å². The highest BCUT2D eigenvalue weighted by molar-refractivity contribution is 5.88. The highest BCUT2D eigenvalue weighted by Crippen LogP contribution is 2.55. The van der Waals surface area contributed by atoms with Crippen LogP contribution >= 0.6 is 0 Å². The van der Waals surface area contributed by atoms with Crippen LogP contribution in [-0.2, 0) is 30.9 Å². The average molecular weight is 883 g/mol. The van der Waals surface area contributed by atoms with Gasteiger partial charge in [-0.1, -0.05) is 83.0 Å². The number of nitrogens with one attached hydrogen (secondary N) is 4. The predicted molar refractivity (Wildman–Crippen MR) is 249 cm³/mol. The van der Waals surface area contributed by atoms with Crippen molar-refractivity contribution in [3.05, 3.63) is 83.6 Å². The number of benzene rings is 3. The zero-order chi connectivity index (χ0) is 45.6. The molecule has 9 rings (SSSR count). The Labute approximate surface area is 380 Å². The number of ether oxygens (including phenoxy) is 2. The molecule has 1 spiro atoms. The van der Waals surface area contributed by atoms with Crippen molar-refractivity contribution in [2.75, 3.05) is 27.3 Å². The molecule has 2 aromatic heterocycles. The van der Waals surface area contributed by atoms with Crippen LogP contribution in [0.1, 0.15) is 120 Å². The topological polar surface area (TPSA) is 175 Å². The summed E-state index contributed by atoms with van der Waals surface area (Å²) in [6.07, 6.45) is 11.0. The number of hydrogen-bond acceptors (Lipinski definition) is 8. The summed E-state index contributed by atoms with van der Waals surface area (Å²) < 4.78 is 9.64. The van der Waals surface area contributed by atoms with E-state index in [1.165, 1.54) is 67.7 Å². The van der Waals surface area contributed by atoms with Gasteiger partial charge in [-0.2, -0.15) is 0 Å². The number of carbonyl (C=O) groups is 4. The number of rotatable bonds is 11. The molecule has 14 heteroatoms. The molecule has 4 amide bonds. The van der Waals surface area contributed by atoms with Crippen molar-refractivity contribution in [1.82, 2.24) is 40.4 Å². The van der Waals surface area contributed by atoms with Crippen molar-refractivity contribution in [2.24, 2.45) is 11.8 Å². The minimum Gasteiger partial charge on any atom is -0.453 e. The Balaban J connectivity index is 0.967. The van der Waals surface area contributed by atoms with Crippen LogP contribution in [0.25, 0.3) is 44.5 Å². The molecule has 342 valence electrons. The smallest absolute Gasteiger partial charge is 0.407 e. The zero-order valence-electron chi connectivity index (χ0n) is 38.5. The number of nitrogens with zero attached hydrogens (tertiary/aromatic N) is 4. The fourth-order valence-corrected chi connectivity index (χ4v) is 11.3. The number of methoxy groups -OCH3 is 2. The van der Waals surface area contributed by atoms with Crippen LogP contribution in [0.2, 0.25) is 0 Å². The Kier molecular flexibility index (Phi) is 12.2. The van der Waals surface area contributed by atoms with Gasteiger partial charge in [0.1, 0.15) is 23.7 Å². The van der Waals surface area contributed by atoms with Gasteiger partial charge in [-0.3, -0.25) is 9.59 Å². The minimum atomic E-state index is -0.689. The van der Waals surface area contributed by atoms with E-state index in [4.69, 9.17) is 19.4 Å². The predicted octanol–water partition coefficient (Wildman–Crippen LogP) is 9.13. The molecule has 0 bridgehead atoms. The van der Waals surface area contributed by atoms with Crippen LogP contribution in [0.4, 0.5) is 9.59 Å². The van der Waals surface area contributed by atoms with E-state index in [1.54, 1.807) is 0 Å². The number of likely N-dealkylation sites (tertiary alicyclic amines) is 2. The van der Waals surface area contributed by atoms with E-state index < -0.39 is 24.3 Å². The molecule has 1 saturated carbocycles. The SMILES string of the molecule is COC(=O)N[C@H](C(=O)N1CCC[C@H]1c1ncc(-c2ccc(-c3ccc(-c4ccc5nc([C@@H]6CCCN6C(=O)[C@@H](NC(=O)OC)C(C)C)[nH]c5c4)cc3)c3c2CCC32CCCC2)[nH]1)C(C)C. The molecule has 0 unspecified atom stereocenters. The van der Waals surface area contributed by atoms with Gasteiger partial charge in [0.15, 0.2) is 0 Å². The molecule has 65 heavy (non-hydrogen) atoms. The lowest BCUT2D eigenvalue weighted by molar-refractivity contribution is -0.136. The zero-order valence-corrected chi connectivity index (χ0v) is 38.5. The maximum atomic E-state index is 13.8. The number of carbonyl (C=O) groups excluding carboxylic acids is 4. The molecule has 2 aliphatic heterocycles. The Bertz CT molecular complexity index is 2590. The van der Waals surface area contributed by atoms with E-state index in [0.717, 1.165) is 78.0 Å². The number of alkyl carbamates (subject to hydrolysis) is 2. The lowest BCUT2D eigenvalue weighted by atomic mass is 9.76. The molecular formula is C51H62N8O6. The van der Waals surface area contributed by atoms with Crippen LogP contribution in [0.15, 0.2) is 60.8 Å². The van der Waals surface area contributed by atoms with Crippen molar-refractivity contribution in [3.8, 4) is 33.5 Å². The number of imidazole rings is 2. The normalized spacial score (nSPS) is 19.9. The van der Waals surface area contributed by atoms with Crippen LogP contribution < -0.4 is 10.6 Å². The van der Waals surface area contributed by atoms with Gasteiger partial charge in [0, 0.05) is 18.7 Å². The van der Waals surface area contributed by atoms with Crippen LogP contribution in [0.3, 0.4) is 0 Å². The fourth-order valence-electron chi connectivity index (χ4n) is 11.3. The number of fused-ring (bicyclic) bond motifs is 3. The first-order valence-corrected chi connectivity index (χ1v) is 23.5. The maximum Gasteiger partial charge on any atom is 0.407 e. The van der Waals surface area contributed by atoms with E-state index in [0.29, 0.717) is 13.1 Å². The van der Waals surface area contributed by atoms with Gasteiger partial charge in [-0.25, -0.2) is 19.6 Å². The molecule has 4 aliphatic rings. The standard InChI is InChI=1S/C51H62N8O6/c1-29(2)43(56-49(62)64-5)47(60)58-25-9-11-40(58)45-52-28-39(55-45)35-19-18-34(42-36(35)21-24-51(42)22-7-8-23-51)32-15-13-31(14-16-32)33-17-20-37-38(27-33)54-46(53-37)41-12-10-26-59(41)48(61)44(30(3)4)57-50(63)65-6/h13-20,27-30,40-41,43-44H,7-12,21-26H2,1-6H3,(H,52,55)(H,53,54)(H,56,62)(H,57,63)/t40-,41-,43-,44-/m0/s1. The van der Waals surface area contributed by atoms with E-state index in [9.17, 15) is 19.2 Å². The quantitative estimate of drug-likeness (QED) is 0.102. The number of H-pyrrole nitrogens is 2. The van der Waals surface area contributed by atoms with Gasteiger partial charge in [0.2, 0.25) is 11.8 Å². The first-order valence-electron chi connectivity index (χ1n) is 23.5. The van der Waals surface area contributed by atoms with Crippen molar-refractivity contribution >= 4 is 35.0 Å². The Morgan fingerprint density at radius 2 is 1.26 bits per heavy atom. The summed E-state index contributed by atoms with van der Waals surface area (Å²) in [5.74, 6) is 1.08. The Morgan fingerprint density at radius 3 is 1.86 bits per heavy atom. The van der Waals surface area contributed by atoms with Crippen LogP contribution in [0.5, 0.6) is 0 Å².